The van der Waals surface area contributed by atoms with Crippen molar-refractivity contribution in [1.29, 1.82) is 0 Å². The van der Waals surface area contributed by atoms with Crippen molar-refractivity contribution < 1.29 is 14.6 Å². The van der Waals surface area contributed by atoms with E-state index < -0.39 is 0 Å². The Kier molecular flexibility index (Phi) is 9.70. The Balaban J connectivity index is 4.12. The molecule has 0 spiro atoms. The minimum atomic E-state index is -0.107. The molecule has 0 radical (unpaired) electrons. The number of hydrogen-bond donors (Lipinski definition) is 1. The van der Waals surface area contributed by atoms with Crippen LogP contribution in [0.5, 0.6) is 0 Å². The molecule has 3 heteroatoms. The Morgan fingerprint density at radius 2 is 1.72 bits per heavy atom. The van der Waals surface area contributed by atoms with Crippen molar-refractivity contribution in [3.05, 3.63) is 0 Å². The molecule has 0 aromatic carbocycles. The Morgan fingerprint density at radius 1 is 1.06 bits per heavy atom. The quantitative estimate of drug-likeness (QED) is 0.617. The number of aliphatic hydroxyl groups excluding tert-OH is 1. The molecule has 0 aromatic rings. The van der Waals surface area contributed by atoms with Crippen molar-refractivity contribution in [2.45, 2.75) is 84.5 Å². The Morgan fingerprint density at radius 3 is 2.22 bits per heavy atom. The molecule has 0 aliphatic carbocycles. The standard InChI is InChI=1S/C15H32O3/c1-6-8-10-15(5,9-7-2)18-14(4)12-17-13(3)11-16/h13-14,16H,6-12H2,1-5H3. The fourth-order valence-corrected chi connectivity index (χ4v) is 2.19. The monoisotopic (exact) mass is 260 g/mol. The zero-order chi connectivity index (χ0) is 14.0. The maximum atomic E-state index is 8.91. The average molecular weight is 260 g/mol. The molecule has 0 saturated carbocycles. The van der Waals surface area contributed by atoms with Gasteiger partial charge in [0.05, 0.1) is 31.0 Å². The molecule has 0 aliphatic rings. The van der Waals surface area contributed by atoms with Crippen LogP contribution in [0, 0.1) is 0 Å². The first kappa shape index (κ1) is 17.9. The predicted molar refractivity (Wildman–Crippen MR) is 75.9 cm³/mol. The molecule has 3 atom stereocenters. The molecule has 0 aliphatic heterocycles. The van der Waals surface area contributed by atoms with E-state index in [-0.39, 0.29) is 24.4 Å². The van der Waals surface area contributed by atoms with Gasteiger partial charge in [-0.15, -0.1) is 0 Å². The molecule has 18 heavy (non-hydrogen) atoms. The first-order valence-corrected chi connectivity index (χ1v) is 7.37. The van der Waals surface area contributed by atoms with Gasteiger partial charge in [0, 0.05) is 0 Å². The van der Waals surface area contributed by atoms with Gasteiger partial charge >= 0.3 is 0 Å². The maximum absolute atomic E-state index is 8.91. The van der Waals surface area contributed by atoms with Crippen LogP contribution in [0.1, 0.15) is 66.7 Å². The van der Waals surface area contributed by atoms with E-state index in [0.717, 1.165) is 19.3 Å². The number of hydrogen-bond acceptors (Lipinski definition) is 3. The highest BCUT2D eigenvalue weighted by molar-refractivity contribution is 4.76. The normalized spacial score (nSPS) is 18.3. The molecule has 3 unspecified atom stereocenters. The summed E-state index contributed by atoms with van der Waals surface area (Å²) in [6, 6.07) is 0. The van der Waals surface area contributed by atoms with E-state index >= 15 is 0 Å². The molecular weight excluding hydrogens is 228 g/mol. The van der Waals surface area contributed by atoms with Gasteiger partial charge in [-0.05, 0) is 33.6 Å². The maximum Gasteiger partial charge on any atom is 0.0788 e. The zero-order valence-corrected chi connectivity index (χ0v) is 12.9. The lowest BCUT2D eigenvalue weighted by Gasteiger charge is -2.33. The number of rotatable bonds is 11. The van der Waals surface area contributed by atoms with Gasteiger partial charge in [0.15, 0.2) is 0 Å². The van der Waals surface area contributed by atoms with Crippen molar-refractivity contribution in [2.75, 3.05) is 13.2 Å². The molecule has 0 amide bonds. The summed E-state index contributed by atoms with van der Waals surface area (Å²) < 4.78 is 11.7. The lowest BCUT2D eigenvalue weighted by molar-refractivity contribution is -0.122. The second kappa shape index (κ2) is 9.76. The van der Waals surface area contributed by atoms with Crippen molar-refractivity contribution in [1.82, 2.24) is 0 Å². The SMILES string of the molecule is CCCCC(C)(CCC)OC(C)COC(C)CO. The number of aliphatic hydroxyl groups is 1. The lowest BCUT2D eigenvalue weighted by atomic mass is 9.93. The summed E-state index contributed by atoms with van der Waals surface area (Å²) >= 11 is 0. The van der Waals surface area contributed by atoms with E-state index in [4.69, 9.17) is 14.6 Å². The molecule has 3 nitrogen and oxygen atoms in total. The van der Waals surface area contributed by atoms with Gasteiger partial charge in [-0.3, -0.25) is 0 Å². The van der Waals surface area contributed by atoms with Crippen LogP contribution in [0.4, 0.5) is 0 Å². The fraction of sp³-hybridized carbons (Fsp3) is 1.00. The molecule has 0 saturated heterocycles. The number of unbranched alkanes of at least 4 members (excludes halogenated alkanes) is 1. The van der Waals surface area contributed by atoms with Gasteiger partial charge < -0.3 is 14.6 Å². The topological polar surface area (TPSA) is 38.7 Å². The second-order valence-corrected chi connectivity index (χ2v) is 5.56. The molecule has 0 heterocycles. The molecule has 0 bridgehead atoms. The highest BCUT2D eigenvalue weighted by Crippen LogP contribution is 2.26. The smallest absolute Gasteiger partial charge is 0.0788 e. The number of ether oxygens (including phenoxy) is 2. The van der Waals surface area contributed by atoms with Crippen LogP contribution in [0.3, 0.4) is 0 Å². The second-order valence-electron chi connectivity index (χ2n) is 5.56. The van der Waals surface area contributed by atoms with Gasteiger partial charge in [0.25, 0.3) is 0 Å². The highest BCUT2D eigenvalue weighted by atomic mass is 16.6. The van der Waals surface area contributed by atoms with Gasteiger partial charge in [-0.2, -0.15) is 0 Å². The van der Waals surface area contributed by atoms with E-state index in [9.17, 15) is 0 Å². The van der Waals surface area contributed by atoms with Crippen LogP contribution >= 0.6 is 0 Å². The van der Waals surface area contributed by atoms with Crippen LogP contribution in [0.2, 0.25) is 0 Å². The van der Waals surface area contributed by atoms with Gasteiger partial charge in [0.2, 0.25) is 0 Å². The summed E-state index contributed by atoms with van der Waals surface area (Å²) in [5.41, 5.74) is -0.0318. The van der Waals surface area contributed by atoms with Gasteiger partial charge in [-0.1, -0.05) is 33.1 Å². The van der Waals surface area contributed by atoms with E-state index in [1.807, 2.05) is 13.8 Å². The Labute approximate surface area is 113 Å². The van der Waals surface area contributed by atoms with Crippen molar-refractivity contribution >= 4 is 0 Å². The van der Waals surface area contributed by atoms with Crippen LogP contribution < -0.4 is 0 Å². The highest BCUT2D eigenvalue weighted by Gasteiger charge is 2.26. The molecule has 0 fully saturated rings. The summed E-state index contributed by atoms with van der Waals surface area (Å²) in [5.74, 6) is 0. The third-order valence-electron chi connectivity index (χ3n) is 3.20. The zero-order valence-electron chi connectivity index (χ0n) is 12.9. The molecule has 0 rings (SSSR count). The van der Waals surface area contributed by atoms with E-state index in [2.05, 4.69) is 20.8 Å². The summed E-state index contributed by atoms with van der Waals surface area (Å²) in [6.07, 6.45) is 5.72. The summed E-state index contributed by atoms with van der Waals surface area (Å²) in [5, 5.41) is 8.91. The molecule has 0 aromatic heterocycles. The average Bonchev–Trinajstić information content (AvgIpc) is 2.33. The van der Waals surface area contributed by atoms with Crippen LogP contribution in [0.25, 0.3) is 0 Å². The molecule has 110 valence electrons. The van der Waals surface area contributed by atoms with Crippen molar-refractivity contribution in [2.24, 2.45) is 0 Å². The van der Waals surface area contributed by atoms with E-state index in [0.29, 0.717) is 6.61 Å². The van der Waals surface area contributed by atoms with Gasteiger partial charge in [0.1, 0.15) is 0 Å². The first-order chi connectivity index (χ1) is 8.47. The van der Waals surface area contributed by atoms with Gasteiger partial charge in [-0.25, -0.2) is 0 Å². The van der Waals surface area contributed by atoms with Crippen molar-refractivity contribution in [3.63, 3.8) is 0 Å². The lowest BCUT2D eigenvalue weighted by Crippen LogP contribution is -2.35. The Bertz CT molecular complexity index is 196. The molecular formula is C15H32O3. The fourth-order valence-electron chi connectivity index (χ4n) is 2.19. The largest absolute Gasteiger partial charge is 0.394 e. The van der Waals surface area contributed by atoms with Crippen LogP contribution in [-0.2, 0) is 9.47 Å². The third kappa shape index (κ3) is 8.06. The van der Waals surface area contributed by atoms with Crippen LogP contribution in [0.15, 0.2) is 0 Å². The summed E-state index contributed by atoms with van der Waals surface area (Å²) in [4.78, 5) is 0. The minimum Gasteiger partial charge on any atom is -0.394 e. The third-order valence-corrected chi connectivity index (χ3v) is 3.20. The predicted octanol–water partition coefficient (Wildman–Crippen LogP) is 3.54. The summed E-state index contributed by atoms with van der Waals surface area (Å²) in [7, 11) is 0. The first-order valence-electron chi connectivity index (χ1n) is 7.37. The van der Waals surface area contributed by atoms with E-state index in [1.165, 1.54) is 12.8 Å². The Hall–Kier alpha value is -0.120. The van der Waals surface area contributed by atoms with E-state index in [1.54, 1.807) is 0 Å². The molecule has 1 N–H and O–H groups in total. The summed E-state index contributed by atoms with van der Waals surface area (Å²) in [6.45, 7) is 11.1. The van der Waals surface area contributed by atoms with Crippen LogP contribution in [-0.4, -0.2) is 36.1 Å². The minimum absolute atomic E-state index is 0.0318. The van der Waals surface area contributed by atoms with Crippen molar-refractivity contribution in [3.8, 4) is 0 Å².